The van der Waals surface area contributed by atoms with E-state index in [4.69, 9.17) is 21.6 Å². The molecule has 0 N–H and O–H groups in total. The van der Waals surface area contributed by atoms with Crippen LogP contribution in [0.3, 0.4) is 0 Å². The smallest absolute Gasteiger partial charge is 0.340 e. The minimum Gasteiger partial charge on any atom is -0.462 e. The maximum atomic E-state index is 11.5. The van der Waals surface area contributed by atoms with Crippen LogP contribution in [0.15, 0.2) is 17.0 Å². The first-order valence-electron chi connectivity index (χ1n) is 4.20. The van der Waals surface area contributed by atoms with E-state index in [0.29, 0.717) is 4.90 Å². The van der Waals surface area contributed by atoms with Crippen LogP contribution < -0.4 is 0 Å². The molecule has 0 heterocycles. The largest absolute Gasteiger partial charge is 0.462 e. The first-order chi connectivity index (χ1) is 7.11. The number of benzene rings is 1. The van der Waals surface area contributed by atoms with Crippen molar-refractivity contribution in [2.45, 2.75) is 11.8 Å². The Kier molecular flexibility index (Phi) is 4.01. The Morgan fingerprint density at radius 1 is 1.67 bits per heavy atom. The van der Waals surface area contributed by atoms with Crippen LogP contribution >= 0.6 is 24.2 Å². The third-order valence-corrected chi connectivity index (χ3v) is 2.49. The summed E-state index contributed by atoms with van der Waals surface area (Å²) in [5, 5.41) is 8.82. The van der Waals surface area contributed by atoms with Crippen LogP contribution in [-0.2, 0) is 4.74 Å². The Morgan fingerprint density at radius 3 is 2.87 bits per heavy atom. The lowest BCUT2D eigenvalue weighted by molar-refractivity contribution is 0.0522. The van der Waals surface area contributed by atoms with Crippen molar-refractivity contribution < 1.29 is 9.53 Å². The lowest BCUT2D eigenvalue weighted by Gasteiger charge is -2.07. The molecule has 0 spiro atoms. The highest BCUT2D eigenvalue weighted by Crippen LogP contribution is 2.27. The molecule has 0 saturated heterocycles. The number of nitriles is 1. The van der Waals surface area contributed by atoms with Gasteiger partial charge in [-0.25, -0.2) is 4.79 Å². The second-order valence-corrected chi connectivity index (χ2v) is 3.51. The maximum Gasteiger partial charge on any atom is 0.340 e. The van der Waals surface area contributed by atoms with Crippen molar-refractivity contribution in [1.29, 1.82) is 5.26 Å². The van der Waals surface area contributed by atoms with E-state index < -0.39 is 5.97 Å². The Balaban J connectivity index is 3.28. The summed E-state index contributed by atoms with van der Waals surface area (Å²) in [6.45, 7) is 1.94. The van der Waals surface area contributed by atoms with Crippen LogP contribution in [0.25, 0.3) is 0 Å². The molecule has 1 aromatic rings. The van der Waals surface area contributed by atoms with Gasteiger partial charge in [-0.2, -0.15) is 5.26 Å². The molecule has 0 saturated carbocycles. The Morgan fingerprint density at radius 2 is 2.33 bits per heavy atom. The zero-order chi connectivity index (χ0) is 11.4. The van der Waals surface area contributed by atoms with Gasteiger partial charge >= 0.3 is 5.97 Å². The first kappa shape index (κ1) is 11.9. The standard InChI is InChI=1S/C10H8ClNO2S/c1-2-14-10(13)8-7(15)4-3-6(5-12)9(8)11/h3-4,15H,2H2,1H3. The second kappa shape index (κ2) is 5.06. The van der Waals surface area contributed by atoms with Gasteiger partial charge in [0.25, 0.3) is 0 Å². The van der Waals surface area contributed by atoms with Gasteiger partial charge < -0.3 is 4.74 Å². The lowest BCUT2D eigenvalue weighted by Crippen LogP contribution is -2.07. The molecule has 0 amide bonds. The summed E-state index contributed by atoms with van der Waals surface area (Å²) in [5.74, 6) is -0.565. The van der Waals surface area contributed by atoms with Crippen molar-refractivity contribution >= 4 is 30.2 Å². The van der Waals surface area contributed by atoms with E-state index >= 15 is 0 Å². The summed E-state index contributed by atoms with van der Waals surface area (Å²) in [4.78, 5) is 11.9. The number of esters is 1. The molecule has 78 valence electrons. The monoisotopic (exact) mass is 241 g/mol. The third-order valence-electron chi connectivity index (χ3n) is 1.72. The summed E-state index contributed by atoms with van der Waals surface area (Å²) in [5.41, 5.74) is 0.374. The zero-order valence-corrected chi connectivity index (χ0v) is 9.60. The summed E-state index contributed by atoms with van der Waals surface area (Å²) in [7, 11) is 0. The Hall–Kier alpha value is -1.18. The average Bonchev–Trinajstić information content (AvgIpc) is 2.18. The molecule has 0 atom stereocenters. The van der Waals surface area contributed by atoms with Crippen molar-refractivity contribution in [1.82, 2.24) is 0 Å². The number of thiol groups is 1. The number of carbonyl (C=O) groups is 1. The van der Waals surface area contributed by atoms with Crippen LogP contribution in [0.1, 0.15) is 22.8 Å². The fraction of sp³-hybridized carbons (Fsp3) is 0.200. The van der Waals surface area contributed by atoms with Gasteiger partial charge in [-0.3, -0.25) is 0 Å². The molecule has 0 fully saturated rings. The Labute approximate surface area is 98.0 Å². The summed E-state index contributed by atoms with van der Waals surface area (Å²) < 4.78 is 4.81. The predicted octanol–water partition coefficient (Wildman–Crippen LogP) is 2.68. The van der Waals surface area contributed by atoms with Crippen molar-refractivity contribution in [2.75, 3.05) is 6.61 Å². The maximum absolute atomic E-state index is 11.5. The minimum absolute atomic E-state index is 0.0865. The van der Waals surface area contributed by atoms with E-state index in [1.54, 1.807) is 13.0 Å². The van der Waals surface area contributed by atoms with Gasteiger partial charge in [0.05, 0.1) is 22.8 Å². The molecule has 15 heavy (non-hydrogen) atoms. The van der Waals surface area contributed by atoms with Gasteiger partial charge in [0.1, 0.15) is 6.07 Å². The fourth-order valence-corrected chi connectivity index (χ4v) is 1.68. The molecule has 0 aromatic heterocycles. The molecule has 5 heteroatoms. The Bertz CT molecular complexity index is 440. The number of hydrogen-bond donors (Lipinski definition) is 1. The number of halogens is 1. The van der Waals surface area contributed by atoms with E-state index in [1.165, 1.54) is 6.07 Å². The molecule has 0 aliphatic heterocycles. The van der Waals surface area contributed by atoms with Crippen LogP contribution in [-0.4, -0.2) is 12.6 Å². The van der Waals surface area contributed by atoms with Gasteiger partial charge in [0.2, 0.25) is 0 Å². The summed E-state index contributed by atoms with van der Waals surface area (Å²) in [6, 6.07) is 4.93. The predicted molar refractivity (Wildman–Crippen MR) is 59.4 cm³/mol. The minimum atomic E-state index is -0.565. The molecule has 0 aliphatic carbocycles. The highest BCUT2D eigenvalue weighted by Gasteiger charge is 2.17. The van der Waals surface area contributed by atoms with Gasteiger partial charge in [0, 0.05) is 4.90 Å². The zero-order valence-electron chi connectivity index (χ0n) is 7.95. The number of carbonyl (C=O) groups excluding carboxylic acids is 1. The van der Waals surface area contributed by atoms with E-state index in [0.717, 1.165) is 0 Å². The molecular formula is C10H8ClNO2S. The third kappa shape index (κ3) is 2.44. The SMILES string of the molecule is CCOC(=O)c1c(S)ccc(C#N)c1Cl. The summed E-state index contributed by atoms with van der Waals surface area (Å²) >= 11 is 9.96. The second-order valence-electron chi connectivity index (χ2n) is 2.65. The van der Waals surface area contributed by atoms with Crippen LogP contribution in [0, 0.1) is 11.3 Å². The fourth-order valence-electron chi connectivity index (χ4n) is 1.05. The molecule has 0 unspecified atom stereocenters. The van der Waals surface area contributed by atoms with Crippen molar-refractivity contribution in [3.8, 4) is 6.07 Å². The number of hydrogen-bond acceptors (Lipinski definition) is 4. The lowest BCUT2D eigenvalue weighted by atomic mass is 10.1. The van der Waals surface area contributed by atoms with Gasteiger partial charge in [0.15, 0.2) is 0 Å². The molecule has 1 aromatic carbocycles. The quantitative estimate of drug-likeness (QED) is 0.640. The summed E-state index contributed by atoms with van der Waals surface area (Å²) in [6.07, 6.45) is 0. The van der Waals surface area contributed by atoms with Crippen molar-refractivity contribution in [3.05, 3.63) is 28.3 Å². The average molecular weight is 242 g/mol. The topological polar surface area (TPSA) is 50.1 Å². The molecule has 3 nitrogen and oxygen atoms in total. The normalized spacial score (nSPS) is 9.47. The highest BCUT2D eigenvalue weighted by atomic mass is 35.5. The van der Waals surface area contributed by atoms with Gasteiger partial charge in [-0.05, 0) is 19.1 Å². The van der Waals surface area contributed by atoms with Crippen molar-refractivity contribution in [2.24, 2.45) is 0 Å². The highest BCUT2D eigenvalue weighted by molar-refractivity contribution is 7.80. The molecular weight excluding hydrogens is 234 g/mol. The van der Waals surface area contributed by atoms with Crippen LogP contribution in [0.4, 0.5) is 0 Å². The molecule has 0 bridgehead atoms. The number of ether oxygens (including phenoxy) is 1. The van der Waals surface area contributed by atoms with E-state index in [2.05, 4.69) is 12.6 Å². The van der Waals surface area contributed by atoms with Gasteiger partial charge in [-0.1, -0.05) is 11.6 Å². The van der Waals surface area contributed by atoms with Crippen LogP contribution in [0.5, 0.6) is 0 Å². The first-order valence-corrected chi connectivity index (χ1v) is 5.03. The number of nitrogens with zero attached hydrogens (tertiary/aromatic N) is 1. The number of rotatable bonds is 2. The van der Waals surface area contributed by atoms with Gasteiger partial charge in [-0.15, -0.1) is 12.6 Å². The molecule has 0 radical (unpaired) electrons. The van der Waals surface area contributed by atoms with E-state index in [1.807, 2.05) is 6.07 Å². The van der Waals surface area contributed by atoms with Crippen molar-refractivity contribution in [3.63, 3.8) is 0 Å². The molecule has 1 rings (SSSR count). The van der Waals surface area contributed by atoms with Crippen LogP contribution in [0.2, 0.25) is 5.02 Å². The molecule has 0 aliphatic rings. The van der Waals surface area contributed by atoms with E-state index in [9.17, 15) is 4.79 Å². The van der Waals surface area contributed by atoms with E-state index in [-0.39, 0.29) is 22.8 Å².